The largest absolute Gasteiger partial charge is 0.492 e. The number of carbonyl (C=O) groups is 1. The third kappa shape index (κ3) is 4.69. The average Bonchev–Trinajstić information content (AvgIpc) is 2.36. The Bertz CT molecular complexity index is 472. The summed E-state index contributed by atoms with van der Waals surface area (Å²) in [5.74, 6) is 0.392. The van der Waals surface area contributed by atoms with Crippen molar-refractivity contribution in [3.8, 4) is 5.75 Å². The average molecular weight is 300 g/mol. The Morgan fingerprint density at radius 1 is 1.45 bits per heavy atom. The highest BCUT2D eigenvalue weighted by Gasteiger charge is 2.30. The summed E-state index contributed by atoms with van der Waals surface area (Å²) in [5, 5.41) is 0.639. The molecule has 0 saturated heterocycles. The number of rotatable bonds is 6. The van der Waals surface area contributed by atoms with Gasteiger partial charge in [-0.2, -0.15) is 0 Å². The normalized spacial score (nSPS) is 12.9. The van der Waals surface area contributed by atoms with Gasteiger partial charge in [-0.3, -0.25) is 4.79 Å². The minimum absolute atomic E-state index is 0.00411. The first-order chi connectivity index (χ1) is 9.26. The van der Waals surface area contributed by atoms with E-state index in [0.29, 0.717) is 17.2 Å². The molecule has 1 unspecified atom stereocenters. The van der Waals surface area contributed by atoms with Gasteiger partial charge in [-0.05, 0) is 51.0 Å². The van der Waals surface area contributed by atoms with Crippen molar-refractivity contribution in [1.82, 2.24) is 0 Å². The summed E-state index contributed by atoms with van der Waals surface area (Å²) in [6.45, 7) is 5.70. The van der Waals surface area contributed by atoms with Gasteiger partial charge >= 0.3 is 5.97 Å². The molecular weight excluding hydrogens is 278 g/mol. The molecule has 0 bridgehead atoms. The zero-order valence-corrected chi connectivity index (χ0v) is 13.2. The number of benzene rings is 1. The van der Waals surface area contributed by atoms with Crippen LogP contribution in [0, 0.1) is 5.41 Å². The first kappa shape index (κ1) is 16.8. The van der Waals surface area contributed by atoms with E-state index in [1.165, 1.54) is 7.11 Å². The van der Waals surface area contributed by atoms with Crippen molar-refractivity contribution in [1.29, 1.82) is 0 Å². The summed E-state index contributed by atoms with van der Waals surface area (Å²) in [6, 6.07) is 5.40. The van der Waals surface area contributed by atoms with Crippen molar-refractivity contribution in [3.63, 3.8) is 0 Å². The second-order valence-corrected chi connectivity index (χ2v) is 6.03. The van der Waals surface area contributed by atoms with Crippen LogP contribution >= 0.6 is 11.6 Å². The lowest BCUT2D eigenvalue weighted by Crippen LogP contribution is -2.32. The van der Waals surface area contributed by atoms with Crippen molar-refractivity contribution in [2.45, 2.75) is 33.2 Å². The highest BCUT2D eigenvalue weighted by atomic mass is 35.5. The third-order valence-corrected chi connectivity index (χ3v) is 3.13. The number of ether oxygens (including phenoxy) is 2. The molecule has 0 fully saturated rings. The first-order valence-corrected chi connectivity index (χ1v) is 6.89. The zero-order chi connectivity index (χ0) is 15.3. The quantitative estimate of drug-likeness (QED) is 0.821. The summed E-state index contributed by atoms with van der Waals surface area (Å²) in [5.41, 5.74) is 6.05. The van der Waals surface area contributed by atoms with Crippen LogP contribution < -0.4 is 10.5 Å². The molecular formula is C15H22ClNO3. The molecule has 0 spiro atoms. The van der Waals surface area contributed by atoms with Crippen molar-refractivity contribution < 1.29 is 14.3 Å². The smallest absolute Gasteiger partial charge is 0.314 e. The van der Waals surface area contributed by atoms with Crippen LogP contribution in [0.25, 0.3) is 0 Å². The van der Waals surface area contributed by atoms with E-state index in [9.17, 15) is 4.79 Å². The van der Waals surface area contributed by atoms with E-state index in [2.05, 4.69) is 0 Å². The maximum absolute atomic E-state index is 11.6. The van der Waals surface area contributed by atoms with Crippen LogP contribution in [0.3, 0.4) is 0 Å². The van der Waals surface area contributed by atoms with Crippen molar-refractivity contribution in [3.05, 3.63) is 28.8 Å². The maximum atomic E-state index is 11.6. The summed E-state index contributed by atoms with van der Waals surface area (Å²) in [7, 11) is 1.37. The van der Waals surface area contributed by atoms with E-state index >= 15 is 0 Å². The van der Waals surface area contributed by atoms with Gasteiger partial charge in [-0.15, -0.1) is 0 Å². The van der Waals surface area contributed by atoms with Gasteiger partial charge in [0.15, 0.2) is 0 Å². The lowest BCUT2D eigenvalue weighted by Gasteiger charge is -2.23. The van der Waals surface area contributed by atoms with Crippen LogP contribution in [0.15, 0.2) is 18.2 Å². The van der Waals surface area contributed by atoms with Crippen LogP contribution in [0.1, 0.15) is 26.3 Å². The van der Waals surface area contributed by atoms with Gasteiger partial charge in [0.2, 0.25) is 0 Å². The Morgan fingerprint density at radius 3 is 2.65 bits per heavy atom. The van der Waals surface area contributed by atoms with Crippen LogP contribution in [0.2, 0.25) is 5.02 Å². The molecule has 0 aliphatic carbocycles. The molecule has 5 heteroatoms. The number of hydrogen-bond donors (Lipinski definition) is 1. The standard InChI is InChI=1S/C15H22ClNO3/c1-10(17)7-11-8-12(16)5-6-13(11)20-9-15(2,3)14(18)19-4/h5-6,8,10H,7,9,17H2,1-4H3. The Labute approximate surface area is 125 Å². The Hall–Kier alpha value is -1.26. The van der Waals surface area contributed by atoms with E-state index < -0.39 is 5.41 Å². The van der Waals surface area contributed by atoms with E-state index in [4.69, 9.17) is 26.8 Å². The van der Waals surface area contributed by atoms with Gasteiger partial charge in [0, 0.05) is 11.1 Å². The summed E-state index contributed by atoms with van der Waals surface area (Å²) < 4.78 is 10.5. The van der Waals surface area contributed by atoms with Gasteiger partial charge in [-0.25, -0.2) is 0 Å². The number of nitrogens with two attached hydrogens (primary N) is 1. The molecule has 1 rings (SSSR count). The molecule has 0 saturated carbocycles. The monoisotopic (exact) mass is 299 g/mol. The lowest BCUT2D eigenvalue weighted by molar-refractivity contribution is -0.152. The van der Waals surface area contributed by atoms with Gasteiger partial charge in [0.05, 0.1) is 12.5 Å². The van der Waals surface area contributed by atoms with E-state index in [-0.39, 0.29) is 18.6 Å². The molecule has 1 aromatic carbocycles. The predicted molar refractivity (Wildman–Crippen MR) is 80.1 cm³/mol. The molecule has 0 aliphatic heterocycles. The van der Waals surface area contributed by atoms with Crippen LogP contribution in [-0.4, -0.2) is 25.7 Å². The second kappa shape index (κ2) is 6.95. The lowest BCUT2D eigenvalue weighted by atomic mass is 9.95. The van der Waals surface area contributed by atoms with Crippen LogP contribution in [-0.2, 0) is 16.0 Å². The fraction of sp³-hybridized carbons (Fsp3) is 0.533. The minimum Gasteiger partial charge on any atom is -0.492 e. The molecule has 112 valence electrons. The number of hydrogen-bond acceptors (Lipinski definition) is 4. The Kier molecular flexibility index (Phi) is 5.84. The van der Waals surface area contributed by atoms with Gasteiger partial charge < -0.3 is 15.2 Å². The van der Waals surface area contributed by atoms with Crippen molar-refractivity contribution in [2.75, 3.05) is 13.7 Å². The summed E-state index contributed by atoms with van der Waals surface area (Å²) in [4.78, 5) is 11.6. The molecule has 0 amide bonds. The molecule has 2 N–H and O–H groups in total. The van der Waals surface area contributed by atoms with E-state index in [1.54, 1.807) is 26.0 Å². The van der Waals surface area contributed by atoms with Gasteiger partial charge in [0.1, 0.15) is 12.4 Å². The van der Waals surface area contributed by atoms with Crippen LogP contribution in [0.4, 0.5) is 0 Å². The number of halogens is 1. The number of methoxy groups -OCH3 is 1. The summed E-state index contributed by atoms with van der Waals surface area (Å²) >= 11 is 5.99. The fourth-order valence-corrected chi connectivity index (χ4v) is 1.98. The third-order valence-electron chi connectivity index (χ3n) is 2.89. The molecule has 1 aromatic rings. The predicted octanol–water partition coefficient (Wildman–Crippen LogP) is 2.81. The highest BCUT2D eigenvalue weighted by molar-refractivity contribution is 6.30. The molecule has 0 heterocycles. The summed E-state index contributed by atoms with van der Waals surface area (Å²) in [6.07, 6.45) is 0.661. The van der Waals surface area contributed by atoms with E-state index in [0.717, 1.165) is 5.56 Å². The number of carbonyl (C=O) groups excluding carboxylic acids is 1. The van der Waals surface area contributed by atoms with Crippen molar-refractivity contribution in [2.24, 2.45) is 11.1 Å². The SMILES string of the molecule is COC(=O)C(C)(C)COc1ccc(Cl)cc1CC(C)N. The van der Waals surface area contributed by atoms with Gasteiger partial charge in [-0.1, -0.05) is 11.6 Å². The molecule has 4 nitrogen and oxygen atoms in total. The van der Waals surface area contributed by atoms with Crippen molar-refractivity contribution >= 4 is 17.6 Å². The fourth-order valence-electron chi connectivity index (χ4n) is 1.79. The molecule has 1 atom stereocenters. The number of esters is 1. The zero-order valence-electron chi connectivity index (χ0n) is 12.4. The first-order valence-electron chi connectivity index (χ1n) is 6.51. The maximum Gasteiger partial charge on any atom is 0.314 e. The molecule has 20 heavy (non-hydrogen) atoms. The Balaban J connectivity index is 2.84. The van der Waals surface area contributed by atoms with Gasteiger partial charge in [0.25, 0.3) is 0 Å². The highest BCUT2D eigenvalue weighted by Crippen LogP contribution is 2.26. The topological polar surface area (TPSA) is 61.5 Å². The minimum atomic E-state index is -0.708. The molecule has 0 aromatic heterocycles. The second-order valence-electron chi connectivity index (χ2n) is 5.60. The van der Waals surface area contributed by atoms with E-state index in [1.807, 2.05) is 13.0 Å². The molecule has 0 radical (unpaired) electrons. The molecule has 0 aliphatic rings. The Morgan fingerprint density at radius 2 is 2.10 bits per heavy atom. The van der Waals surface area contributed by atoms with Crippen LogP contribution in [0.5, 0.6) is 5.75 Å².